The van der Waals surface area contributed by atoms with Crippen LogP contribution in [0.15, 0.2) is 47.4 Å². The number of nitrogen functional groups attached to an aromatic ring is 1. The molecule has 0 aliphatic rings. The lowest BCUT2D eigenvalue weighted by atomic mass is 10.1. The first-order valence-electron chi connectivity index (χ1n) is 6.97. The fraction of sp³-hybridized carbons (Fsp3) is 0.118. The van der Waals surface area contributed by atoms with Crippen molar-refractivity contribution in [2.75, 3.05) is 5.73 Å². The highest BCUT2D eigenvalue weighted by atomic mass is 35.5. The summed E-state index contributed by atoms with van der Waals surface area (Å²) in [5.41, 5.74) is 8.25. The molecule has 1 atom stereocenters. The number of anilines is 1. The molecule has 0 aliphatic heterocycles. The quantitative estimate of drug-likeness (QED) is 0.734. The molecular formula is C17H13ClN4O. The van der Waals surface area contributed by atoms with Gasteiger partial charge in [-0.1, -0.05) is 23.7 Å². The van der Waals surface area contributed by atoms with Crippen LogP contribution in [0.1, 0.15) is 24.1 Å². The molecule has 3 rings (SSSR count). The van der Waals surface area contributed by atoms with Crippen LogP contribution in [0.25, 0.3) is 11.0 Å². The predicted molar refractivity (Wildman–Crippen MR) is 90.4 cm³/mol. The van der Waals surface area contributed by atoms with E-state index >= 15 is 0 Å². The minimum absolute atomic E-state index is 0.251. The summed E-state index contributed by atoms with van der Waals surface area (Å²) in [5, 5.41) is 9.77. The summed E-state index contributed by atoms with van der Waals surface area (Å²) < 4.78 is 1.59. The molecule has 0 fully saturated rings. The van der Waals surface area contributed by atoms with Gasteiger partial charge in [0, 0.05) is 5.02 Å². The maximum Gasteiger partial charge on any atom is 0.270 e. The SMILES string of the molecule is C[C@@H](c1cccc(Cl)c1)n1c(=O)cnc2cc(N)c(C#N)cc21. The van der Waals surface area contributed by atoms with Crippen molar-refractivity contribution in [3.8, 4) is 6.07 Å². The van der Waals surface area contributed by atoms with E-state index in [1.807, 2.05) is 31.2 Å². The van der Waals surface area contributed by atoms with E-state index in [0.717, 1.165) is 5.56 Å². The highest BCUT2D eigenvalue weighted by Gasteiger charge is 2.15. The van der Waals surface area contributed by atoms with Crippen LogP contribution >= 0.6 is 11.6 Å². The molecule has 0 unspecified atom stereocenters. The Morgan fingerprint density at radius 1 is 1.35 bits per heavy atom. The number of rotatable bonds is 2. The molecule has 2 aromatic carbocycles. The van der Waals surface area contributed by atoms with Crippen molar-refractivity contribution < 1.29 is 0 Å². The van der Waals surface area contributed by atoms with Crippen molar-refractivity contribution in [3.63, 3.8) is 0 Å². The number of hydrogen-bond donors (Lipinski definition) is 1. The molecule has 0 aliphatic carbocycles. The first kappa shape index (κ1) is 15.1. The highest BCUT2D eigenvalue weighted by Crippen LogP contribution is 2.25. The Kier molecular flexibility index (Phi) is 3.77. The number of nitriles is 1. The molecule has 0 amide bonds. The Labute approximate surface area is 137 Å². The molecule has 1 heterocycles. The van der Waals surface area contributed by atoms with Gasteiger partial charge >= 0.3 is 0 Å². The summed E-state index contributed by atoms with van der Waals surface area (Å²) in [7, 11) is 0. The van der Waals surface area contributed by atoms with Gasteiger partial charge in [-0.25, -0.2) is 4.98 Å². The zero-order valence-electron chi connectivity index (χ0n) is 12.3. The first-order valence-corrected chi connectivity index (χ1v) is 7.35. The summed E-state index contributed by atoms with van der Waals surface area (Å²) in [5.74, 6) is 0. The standard InChI is InChI=1S/C17H13ClN4O/c1-10(11-3-2-4-13(18)5-11)22-16-6-12(8-19)14(20)7-15(16)21-9-17(22)23/h2-7,9-10H,20H2,1H3/t10-/m0/s1. The van der Waals surface area contributed by atoms with Crippen LogP contribution in [0.4, 0.5) is 5.69 Å². The maximum atomic E-state index is 12.4. The van der Waals surface area contributed by atoms with Crippen molar-refractivity contribution in [2.45, 2.75) is 13.0 Å². The van der Waals surface area contributed by atoms with Crippen LogP contribution in [0.2, 0.25) is 5.02 Å². The average Bonchev–Trinajstić information content (AvgIpc) is 2.54. The van der Waals surface area contributed by atoms with Crippen molar-refractivity contribution in [3.05, 3.63) is 69.1 Å². The van der Waals surface area contributed by atoms with Gasteiger partial charge in [0.15, 0.2) is 0 Å². The van der Waals surface area contributed by atoms with E-state index in [1.165, 1.54) is 6.20 Å². The summed E-state index contributed by atoms with van der Waals surface area (Å²) in [6.07, 6.45) is 1.26. The molecule has 114 valence electrons. The lowest BCUT2D eigenvalue weighted by molar-refractivity contribution is 0.635. The second kappa shape index (κ2) is 5.75. The first-order chi connectivity index (χ1) is 11.0. The van der Waals surface area contributed by atoms with Gasteiger partial charge in [-0.3, -0.25) is 9.36 Å². The number of nitrogens with zero attached hydrogens (tertiary/aromatic N) is 3. The van der Waals surface area contributed by atoms with Crippen LogP contribution in [0.5, 0.6) is 0 Å². The topological polar surface area (TPSA) is 84.7 Å². The molecule has 2 N–H and O–H groups in total. The Hall–Kier alpha value is -2.84. The number of nitrogens with two attached hydrogens (primary N) is 1. The summed E-state index contributed by atoms with van der Waals surface area (Å²) >= 11 is 6.04. The van der Waals surface area contributed by atoms with E-state index in [1.54, 1.807) is 22.8 Å². The monoisotopic (exact) mass is 324 g/mol. The fourth-order valence-corrected chi connectivity index (χ4v) is 2.81. The molecule has 0 radical (unpaired) electrons. The molecule has 0 spiro atoms. The van der Waals surface area contributed by atoms with Crippen LogP contribution in [-0.4, -0.2) is 9.55 Å². The fourth-order valence-electron chi connectivity index (χ4n) is 2.61. The van der Waals surface area contributed by atoms with Gasteiger partial charge in [0.05, 0.1) is 34.5 Å². The zero-order valence-corrected chi connectivity index (χ0v) is 13.1. The van der Waals surface area contributed by atoms with Crippen LogP contribution in [0, 0.1) is 11.3 Å². The predicted octanol–water partition coefficient (Wildman–Crippen LogP) is 3.11. The number of halogens is 1. The Balaban J connectivity index is 2.30. The lowest BCUT2D eigenvalue weighted by Gasteiger charge is -2.18. The van der Waals surface area contributed by atoms with Gasteiger partial charge in [-0.05, 0) is 36.8 Å². The number of hydrogen-bond acceptors (Lipinski definition) is 4. The number of benzene rings is 2. The van der Waals surface area contributed by atoms with Crippen molar-refractivity contribution in [1.82, 2.24) is 9.55 Å². The molecule has 5 nitrogen and oxygen atoms in total. The van der Waals surface area contributed by atoms with E-state index in [9.17, 15) is 10.1 Å². The second-order valence-electron chi connectivity index (χ2n) is 5.24. The van der Waals surface area contributed by atoms with Gasteiger partial charge in [0.1, 0.15) is 6.07 Å². The summed E-state index contributed by atoms with van der Waals surface area (Å²) in [4.78, 5) is 16.5. The largest absolute Gasteiger partial charge is 0.398 e. The normalized spacial score (nSPS) is 12.0. The minimum atomic E-state index is -0.262. The van der Waals surface area contributed by atoms with E-state index in [2.05, 4.69) is 4.98 Å². The molecule has 3 aromatic rings. The Bertz CT molecular complexity index is 1000. The lowest BCUT2D eigenvalue weighted by Crippen LogP contribution is -2.24. The van der Waals surface area contributed by atoms with Gasteiger partial charge in [-0.2, -0.15) is 5.26 Å². The van der Waals surface area contributed by atoms with E-state index < -0.39 is 0 Å². The third-order valence-electron chi connectivity index (χ3n) is 3.80. The highest BCUT2D eigenvalue weighted by molar-refractivity contribution is 6.30. The molecule has 0 saturated carbocycles. The third-order valence-corrected chi connectivity index (χ3v) is 4.03. The Morgan fingerprint density at radius 2 is 2.13 bits per heavy atom. The maximum absolute atomic E-state index is 12.4. The summed E-state index contributed by atoms with van der Waals surface area (Å²) in [6, 6.07) is 12.3. The molecule has 1 aromatic heterocycles. The van der Waals surface area contributed by atoms with Gasteiger partial charge in [0.25, 0.3) is 5.56 Å². The summed E-state index contributed by atoms with van der Waals surface area (Å²) in [6.45, 7) is 1.90. The average molecular weight is 325 g/mol. The number of aromatic nitrogens is 2. The van der Waals surface area contributed by atoms with Gasteiger partial charge in [-0.15, -0.1) is 0 Å². The van der Waals surface area contributed by atoms with Crippen molar-refractivity contribution >= 4 is 28.3 Å². The third kappa shape index (κ3) is 2.65. The molecular weight excluding hydrogens is 312 g/mol. The Morgan fingerprint density at radius 3 is 2.83 bits per heavy atom. The van der Waals surface area contributed by atoms with Crippen molar-refractivity contribution in [2.24, 2.45) is 0 Å². The van der Waals surface area contributed by atoms with E-state index in [4.69, 9.17) is 17.3 Å². The molecule has 0 saturated heterocycles. The van der Waals surface area contributed by atoms with E-state index in [-0.39, 0.29) is 11.6 Å². The van der Waals surface area contributed by atoms with Crippen LogP contribution in [0.3, 0.4) is 0 Å². The smallest absolute Gasteiger partial charge is 0.270 e. The minimum Gasteiger partial charge on any atom is -0.398 e. The van der Waals surface area contributed by atoms with Gasteiger partial charge < -0.3 is 5.73 Å². The van der Waals surface area contributed by atoms with E-state index in [0.29, 0.717) is 27.3 Å². The molecule has 23 heavy (non-hydrogen) atoms. The van der Waals surface area contributed by atoms with Gasteiger partial charge in [0.2, 0.25) is 0 Å². The number of fused-ring (bicyclic) bond motifs is 1. The molecule has 6 heteroatoms. The second-order valence-corrected chi connectivity index (χ2v) is 5.67. The zero-order chi connectivity index (χ0) is 16.6. The van der Waals surface area contributed by atoms with Crippen LogP contribution < -0.4 is 11.3 Å². The van der Waals surface area contributed by atoms with Crippen LogP contribution in [-0.2, 0) is 0 Å². The molecule has 0 bridgehead atoms. The van der Waals surface area contributed by atoms with Crippen molar-refractivity contribution in [1.29, 1.82) is 5.26 Å².